The highest BCUT2D eigenvalue weighted by Crippen LogP contribution is 2.26. The van der Waals surface area contributed by atoms with Crippen LogP contribution in [0, 0.1) is 0 Å². The molecule has 0 radical (unpaired) electrons. The molecule has 1 N–H and O–H groups in total. The molecular weight excluding hydrogens is 266 g/mol. The second kappa shape index (κ2) is 5.01. The zero-order valence-electron chi connectivity index (χ0n) is 10.9. The maximum Gasteiger partial charge on any atom is 0.410 e. The van der Waals surface area contributed by atoms with E-state index in [1.165, 1.54) is 10.5 Å². The monoisotopic (exact) mass is 282 g/mol. The number of alkyl halides is 2. The predicted octanol–water partition coefficient (Wildman–Crippen LogP) is 1.79. The number of amides is 1. The summed E-state index contributed by atoms with van der Waals surface area (Å²) in [5.74, 6) is -2.98. The molecule has 2 heterocycles. The molecule has 0 saturated carbocycles. The Morgan fingerprint density at radius 2 is 2.10 bits per heavy atom. The van der Waals surface area contributed by atoms with E-state index in [1.54, 1.807) is 0 Å². The van der Waals surface area contributed by atoms with E-state index in [1.807, 2.05) is 24.3 Å². The fourth-order valence-electron chi connectivity index (χ4n) is 2.61. The zero-order chi connectivity index (χ0) is 14.2. The molecule has 108 valence electrons. The van der Waals surface area contributed by atoms with E-state index in [0.717, 1.165) is 12.0 Å². The Labute approximate surface area is 115 Å². The van der Waals surface area contributed by atoms with E-state index in [2.05, 4.69) is 5.32 Å². The summed E-state index contributed by atoms with van der Waals surface area (Å²) < 4.78 is 31.8. The molecule has 1 aromatic rings. The van der Waals surface area contributed by atoms with Gasteiger partial charge < -0.3 is 15.0 Å². The maximum absolute atomic E-state index is 13.4. The summed E-state index contributed by atoms with van der Waals surface area (Å²) in [7, 11) is 0. The van der Waals surface area contributed by atoms with Crippen molar-refractivity contribution in [1.82, 2.24) is 10.2 Å². The van der Waals surface area contributed by atoms with Crippen molar-refractivity contribution in [1.29, 1.82) is 0 Å². The van der Waals surface area contributed by atoms with Crippen molar-refractivity contribution in [3.63, 3.8) is 0 Å². The van der Waals surface area contributed by atoms with E-state index in [0.29, 0.717) is 13.1 Å². The summed E-state index contributed by atoms with van der Waals surface area (Å²) in [5, 5.41) is 2.54. The van der Waals surface area contributed by atoms with Gasteiger partial charge in [0.25, 0.3) is 5.92 Å². The molecule has 1 unspecified atom stereocenters. The van der Waals surface area contributed by atoms with E-state index in [-0.39, 0.29) is 6.54 Å². The summed E-state index contributed by atoms with van der Waals surface area (Å²) in [6, 6.07) is 7.83. The molecule has 2 aliphatic heterocycles. The lowest BCUT2D eigenvalue weighted by Gasteiger charge is -2.30. The number of benzene rings is 1. The van der Waals surface area contributed by atoms with Crippen LogP contribution < -0.4 is 5.32 Å². The minimum absolute atomic E-state index is 0.00314. The van der Waals surface area contributed by atoms with Gasteiger partial charge in [0.2, 0.25) is 0 Å². The first kappa shape index (κ1) is 13.3. The number of halogens is 2. The summed E-state index contributed by atoms with van der Waals surface area (Å²) >= 11 is 0. The molecule has 0 aliphatic carbocycles. The number of carbonyl (C=O) groups is 1. The average molecular weight is 282 g/mol. The fourth-order valence-corrected chi connectivity index (χ4v) is 2.61. The first-order valence-corrected chi connectivity index (χ1v) is 6.67. The van der Waals surface area contributed by atoms with Crippen LogP contribution in [-0.4, -0.2) is 42.7 Å². The highest BCUT2D eigenvalue weighted by Gasteiger charge is 2.47. The van der Waals surface area contributed by atoms with Gasteiger partial charge in [-0.3, -0.25) is 0 Å². The van der Waals surface area contributed by atoms with Gasteiger partial charge in [0, 0.05) is 19.6 Å². The Morgan fingerprint density at radius 3 is 2.80 bits per heavy atom. The number of nitrogens with one attached hydrogen (secondary N) is 1. The van der Waals surface area contributed by atoms with Crippen LogP contribution in [0.1, 0.15) is 11.1 Å². The van der Waals surface area contributed by atoms with Crippen LogP contribution in [-0.2, 0) is 17.7 Å². The lowest BCUT2D eigenvalue weighted by Crippen LogP contribution is -2.42. The standard InChI is InChI=1S/C14H16F2N2O2/c15-14(16)9-17-7-12(14)20-13(19)18-6-5-10-3-1-2-4-11(10)8-18/h1-4,12,17H,5-9H2. The molecule has 0 aromatic heterocycles. The van der Waals surface area contributed by atoms with Crippen molar-refractivity contribution in [2.75, 3.05) is 19.6 Å². The normalized spacial score (nSPS) is 24.3. The molecule has 1 saturated heterocycles. The lowest BCUT2D eigenvalue weighted by molar-refractivity contribution is -0.0834. The van der Waals surface area contributed by atoms with Crippen molar-refractivity contribution in [2.24, 2.45) is 0 Å². The van der Waals surface area contributed by atoms with Crippen molar-refractivity contribution in [2.45, 2.75) is 25.0 Å². The molecule has 1 fully saturated rings. The number of nitrogens with zero attached hydrogens (tertiary/aromatic N) is 1. The predicted molar refractivity (Wildman–Crippen MR) is 68.6 cm³/mol. The van der Waals surface area contributed by atoms with E-state index in [4.69, 9.17) is 4.74 Å². The fraction of sp³-hybridized carbons (Fsp3) is 0.500. The third-order valence-corrected chi connectivity index (χ3v) is 3.79. The largest absolute Gasteiger partial charge is 0.438 e. The summed E-state index contributed by atoms with van der Waals surface area (Å²) in [5.41, 5.74) is 2.25. The third kappa shape index (κ3) is 2.47. The summed E-state index contributed by atoms with van der Waals surface area (Å²) in [4.78, 5) is 13.5. The molecule has 20 heavy (non-hydrogen) atoms. The molecule has 2 aliphatic rings. The quantitative estimate of drug-likeness (QED) is 0.854. The van der Waals surface area contributed by atoms with Crippen LogP contribution in [0.25, 0.3) is 0 Å². The first-order valence-electron chi connectivity index (χ1n) is 6.67. The molecule has 4 nitrogen and oxygen atoms in total. The van der Waals surface area contributed by atoms with Crippen LogP contribution in [0.5, 0.6) is 0 Å². The Hall–Kier alpha value is -1.69. The van der Waals surface area contributed by atoms with Gasteiger partial charge in [0.15, 0.2) is 6.10 Å². The van der Waals surface area contributed by atoms with E-state index >= 15 is 0 Å². The Bertz CT molecular complexity index is 522. The van der Waals surface area contributed by atoms with Crippen LogP contribution >= 0.6 is 0 Å². The number of hydrogen-bond acceptors (Lipinski definition) is 3. The SMILES string of the molecule is O=C(OC1CNCC1(F)F)N1CCc2ccccc2C1. The number of fused-ring (bicyclic) bond motifs is 1. The van der Waals surface area contributed by atoms with Crippen molar-refractivity contribution in [3.05, 3.63) is 35.4 Å². The molecule has 0 bridgehead atoms. The molecule has 1 amide bonds. The second-order valence-electron chi connectivity index (χ2n) is 5.20. The minimum atomic E-state index is -2.98. The Kier molecular flexibility index (Phi) is 3.33. The molecule has 0 spiro atoms. The minimum Gasteiger partial charge on any atom is -0.438 e. The van der Waals surface area contributed by atoms with Crippen LogP contribution in [0.4, 0.5) is 13.6 Å². The molecular formula is C14H16F2N2O2. The first-order chi connectivity index (χ1) is 9.56. The Balaban J connectivity index is 1.65. The van der Waals surface area contributed by atoms with E-state index in [9.17, 15) is 13.6 Å². The number of ether oxygens (including phenoxy) is 1. The van der Waals surface area contributed by atoms with Gasteiger partial charge in [-0.05, 0) is 17.5 Å². The highest BCUT2D eigenvalue weighted by atomic mass is 19.3. The second-order valence-corrected chi connectivity index (χ2v) is 5.20. The van der Waals surface area contributed by atoms with Gasteiger partial charge in [0.1, 0.15) is 0 Å². The lowest BCUT2D eigenvalue weighted by atomic mass is 10.0. The number of carbonyl (C=O) groups excluding carboxylic acids is 1. The Morgan fingerprint density at radius 1 is 1.35 bits per heavy atom. The topological polar surface area (TPSA) is 41.6 Å². The van der Waals surface area contributed by atoms with Crippen LogP contribution in [0.3, 0.4) is 0 Å². The third-order valence-electron chi connectivity index (χ3n) is 3.79. The highest BCUT2D eigenvalue weighted by molar-refractivity contribution is 5.68. The molecule has 1 aromatic carbocycles. The van der Waals surface area contributed by atoms with Gasteiger partial charge in [-0.2, -0.15) is 0 Å². The van der Waals surface area contributed by atoms with Crippen LogP contribution in [0.2, 0.25) is 0 Å². The van der Waals surface area contributed by atoms with Gasteiger partial charge in [0.05, 0.1) is 6.54 Å². The number of rotatable bonds is 1. The summed E-state index contributed by atoms with van der Waals surface area (Å²) in [6.45, 7) is 0.485. The molecule has 6 heteroatoms. The van der Waals surface area contributed by atoms with Crippen molar-refractivity contribution < 1.29 is 18.3 Å². The average Bonchev–Trinajstić information content (AvgIpc) is 2.77. The van der Waals surface area contributed by atoms with Gasteiger partial charge >= 0.3 is 6.09 Å². The maximum atomic E-state index is 13.4. The molecule has 3 rings (SSSR count). The summed E-state index contributed by atoms with van der Waals surface area (Å²) in [6.07, 6.45) is -1.30. The van der Waals surface area contributed by atoms with Crippen molar-refractivity contribution >= 4 is 6.09 Å². The van der Waals surface area contributed by atoms with Gasteiger partial charge in [-0.25, -0.2) is 13.6 Å². The molecule has 1 atom stereocenters. The van der Waals surface area contributed by atoms with Gasteiger partial charge in [-0.15, -0.1) is 0 Å². The zero-order valence-corrected chi connectivity index (χ0v) is 10.9. The van der Waals surface area contributed by atoms with Gasteiger partial charge in [-0.1, -0.05) is 24.3 Å². The number of hydrogen-bond donors (Lipinski definition) is 1. The van der Waals surface area contributed by atoms with Crippen molar-refractivity contribution in [3.8, 4) is 0 Å². The smallest absolute Gasteiger partial charge is 0.410 e. The van der Waals surface area contributed by atoms with E-state index < -0.39 is 24.7 Å². The van der Waals surface area contributed by atoms with Crippen LogP contribution in [0.15, 0.2) is 24.3 Å².